The first kappa shape index (κ1) is 18.6. The highest BCUT2D eigenvalue weighted by Gasteiger charge is 2.51. The van der Waals surface area contributed by atoms with E-state index in [1.165, 1.54) is 0 Å². The summed E-state index contributed by atoms with van der Waals surface area (Å²) >= 11 is 0. The maximum absolute atomic E-state index is 11.9. The van der Waals surface area contributed by atoms with Crippen molar-refractivity contribution in [2.45, 2.75) is 65.3 Å². The molecule has 1 aliphatic rings. The number of carbonyl (C=O) groups excluding carboxylic acids is 1. The number of benzene rings is 1. The largest absolute Gasteiger partial charge is 0.494 e. The zero-order chi connectivity index (χ0) is 18.3. The van der Waals surface area contributed by atoms with Crippen molar-refractivity contribution in [2.75, 3.05) is 11.1 Å². The minimum absolute atomic E-state index is 0.417. The van der Waals surface area contributed by atoms with Crippen LogP contribution in [0.4, 0.5) is 16.2 Å². The Balaban J connectivity index is 2.12. The molecule has 0 unspecified atom stereocenters. The molecule has 0 saturated carbocycles. The lowest BCUT2D eigenvalue weighted by atomic mass is 9.79. The molecule has 0 radical (unpaired) electrons. The van der Waals surface area contributed by atoms with Gasteiger partial charge in [0.25, 0.3) is 0 Å². The summed E-state index contributed by atoms with van der Waals surface area (Å²) in [6.45, 7) is 13.4. The molecule has 24 heavy (non-hydrogen) atoms. The van der Waals surface area contributed by atoms with Crippen molar-refractivity contribution in [3.05, 3.63) is 18.2 Å². The van der Waals surface area contributed by atoms with Gasteiger partial charge in [0.05, 0.1) is 22.6 Å². The highest BCUT2D eigenvalue weighted by Crippen LogP contribution is 2.36. The number of amides is 1. The van der Waals surface area contributed by atoms with Crippen molar-refractivity contribution in [1.29, 1.82) is 0 Å². The number of nitrogens with two attached hydrogens (primary N) is 1. The highest BCUT2D eigenvalue weighted by molar-refractivity contribution is 6.62. The monoisotopic (exact) mass is 334 g/mol. The van der Waals surface area contributed by atoms with Crippen molar-refractivity contribution < 1.29 is 18.8 Å². The molecule has 132 valence electrons. The molecule has 6 nitrogen and oxygen atoms in total. The number of anilines is 2. The van der Waals surface area contributed by atoms with Gasteiger partial charge in [-0.15, -0.1) is 0 Å². The van der Waals surface area contributed by atoms with E-state index >= 15 is 0 Å². The van der Waals surface area contributed by atoms with Gasteiger partial charge in [-0.1, -0.05) is 6.07 Å². The number of rotatable bonds is 2. The summed E-state index contributed by atoms with van der Waals surface area (Å²) in [7, 11) is -0.493. The Kier molecular flexibility index (Phi) is 4.63. The van der Waals surface area contributed by atoms with Gasteiger partial charge in [-0.3, -0.25) is 5.32 Å². The highest BCUT2D eigenvalue weighted by atomic mass is 16.7. The van der Waals surface area contributed by atoms with Crippen LogP contribution in [0.3, 0.4) is 0 Å². The van der Waals surface area contributed by atoms with Crippen LogP contribution in [0.5, 0.6) is 0 Å². The first-order valence-electron chi connectivity index (χ1n) is 8.06. The van der Waals surface area contributed by atoms with Crippen LogP contribution >= 0.6 is 0 Å². The van der Waals surface area contributed by atoms with Gasteiger partial charge in [-0.25, -0.2) is 4.79 Å². The molecule has 1 saturated heterocycles. The summed E-state index contributed by atoms with van der Waals surface area (Å²) in [6, 6.07) is 5.29. The molecule has 1 amide bonds. The Morgan fingerprint density at radius 3 is 2.17 bits per heavy atom. The van der Waals surface area contributed by atoms with Crippen molar-refractivity contribution in [3.63, 3.8) is 0 Å². The summed E-state index contributed by atoms with van der Waals surface area (Å²) in [6.07, 6.45) is -0.544. The second kappa shape index (κ2) is 5.97. The van der Waals surface area contributed by atoms with E-state index in [4.69, 9.17) is 19.8 Å². The zero-order valence-corrected chi connectivity index (χ0v) is 15.5. The number of hydrogen-bond donors (Lipinski definition) is 2. The maximum atomic E-state index is 11.9. The van der Waals surface area contributed by atoms with E-state index in [0.29, 0.717) is 11.4 Å². The normalized spacial score (nSPS) is 19.2. The molecular weight excluding hydrogens is 307 g/mol. The van der Waals surface area contributed by atoms with Crippen LogP contribution in [0, 0.1) is 0 Å². The lowest BCUT2D eigenvalue weighted by Crippen LogP contribution is -2.41. The van der Waals surface area contributed by atoms with E-state index in [1.54, 1.807) is 32.9 Å². The second-order valence-electron chi connectivity index (χ2n) is 8.06. The van der Waals surface area contributed by atoms with Gasteiger partial charge >= 0.3 is 13.2 Å². The molecule has 0 atom stereocenters. The average molecular weight is 334 g/mol. The minimum Gasteiger partial charge on any atom is -0.444 e. The number of ether oxygens (including phenoxy) is 1. The minimum atomic E-state index is -0.568. The lowest BCUT2D eigenvalue weighted by molar-refractivity contribution is 0.00578. The number of hydrogen-bond acceptors (Lipinski definition) is 5. The third-order valence-corrected chi connectivity index (χ3v) is 4.24. The lowest BCUT2D eigenvalue weighted by Gasteiger charge is -2.32. The molecule has 0 bridgehead atoms. The maximum Gasteiger partial charge on any atom is 0.494 e. The zero-order valence-electron chi connectivity index (χ0n) is 15.5. The number of nitrogens with one attached hydrogen (secondary N) is 1. The van der Waals surface area contributed by atoms with E-state index in [1.807, 2.05) is 33.8 Å². The third-order valence-electron chi connectivity index (χ3n) is 4.24. The molecule has 0 aliphatic carbocycles. The standard InChI is InChI=1S/C17H27BN2O4/c1-15(2,3)22-14(21)20-13-9-8-11(10-12(13)19)18-23-16(4,5)17(6,7)24-18/h8-10H,19H2,1-7H3,(H,20,21). The molecule has 1 aromatic carbocycles. The van der Waals surface area contributed by atoms with Gasteiger partial charge in [0.2, 0.25) is 0 Å². The smallest absolute Gasteiger partial charge is 0.444 e. The van der Waals surface area contributed by atoms with Crippen LogP contribution in [-0.4, -0.2) is 30.0 Å². The first-order chi connectivity index (χ1) is 10.8. The van der Waals surface area contributed by atoms with Gasteiger partial charge in [0.1, 0.15) is 5.60 Å². The molecule has 7 heteroatoms. The van der Waals surface area contributed by atoms with Gasteiger partial charge in [0, 0.05) is 0 Å². The van der Waals surface area contributed by atoms with Crippen LogP contribution in [0.1, 0.15) is 48.5 Å². The average Bonchev–Trinajstić information content (AvgIpc) is 2.58. The molecule has 3 N–H and O–H groups in total. The summed E-state index contributed by atoms with van der Waals surface area (Å²) in [5, 5.41) is 2.65. The van der Waals surface area contributed by atoms with E-state index < -0.39 is 30.0 Å². The van der Waals surface area contributed by atoms with E-state index in [0.717, 1.165) is 5.46 Å². The first-order valence-corrected chi connectivity index (χ1v) is 8.06. The Morgan fingerprint density at radius 1 is 1.17 bits per heavy atom. The second-order valence-corrected chi connectivity index (χ2v) is 8.06. The Labute approximate surface area is 144 Å². The predicted molar refractivity (Wildman–Crippen MR) is 96.4 cm³/mol. The molecule has 1 aromatic rings. The van der Waals surface area contributed by atoms with Crippen LogP contribution in [0.25, 0.3) is 0 Å². The number of carbonyl (C=O) groups is 1. The Hall–Kier alpha value is -1.73. The summed E-state index contributed by atoms with van der Waals surface area (Å²) < 4.78 is 17.2. The quantitative estimate of drug-likeness (QED) is 0.642. The fraction of sp³-hybridized carbons (Fsp3) is 0.588. The van der Waals surface area contributed by atoms with Crippen molar-refractivity contribution in [1.82, 2.24) is 0 Å². The SMILES string of the molecule is CC(C)(C)OC(=O)Nc1ccc(B2OC(C)(C)C(C)(C)O2)cc1N. The molecule has 0 aromatic heterocycles. The Bertz CT molecular complexity index is 622. The fourth-order valence-electron chi connectivity index (χ4n) is 2.23. The van der Waals surface area contributed by atoms with E-state index in [2.05, 4.69) is 5.32 Å². The fourth-order valence-corrected chi connectivity index (χ4v) is 2.23. The summed E-state index contributed by atoms with van der Waals surface area (Å²) in [5.74, 6) is 0. The Morgan fingerprint density at radius 2 is 1.71 bits per heavy atom. The van der Waals surface area contributed by atoms with Crippen LogP contribution in [-0.2, 0) is 14.0 Å². The topological polar surface area (TPSA) is 82.8 Å². The molecule has 1 fully saturated rings. The van der Waals surface area contributed by atoms with E-state index in [9.17, 15) is 4.79 Å². The molecule has 0 spiro atoms. The number of nitrogen functional groups attached to an aromatic ring is 1. The van der Waals surface area contributed by atoms with Crippen LogP contribution in [0.2, 0.25) is 0 Å². The van der Waals surface area contributed by atoms with Crippen molar-refractivity contribution in [3.8, 4) is 0 Å². The molecule has 2 rings (SSSR count). The van der Waals surface area contributed by atoms with Gasteiger partial charge in [-0.05, 0) is 66.1 Å². The molecular formula is C17H27BN2O4. The van der Waals surface area contributed by atoms with Crippen molar-refractivity contribution >= 4 is 30.0 Å². The third kappa shape index (κ3) is 4.02. The molecule has 1 heterocycles. The van der Waals surface area contributed by atoms with Gasteiger partial charge < -0.3 is 19.8 Å². The molecule has 1 aliphatic heterocycles. The van der Waals surface area contributed by atoms with Crippen LogP contribution < -0.4 is 16.5 Å². The van der Waals surface area contributed by atoms with Gasteiger partial charge in [0.15, 0.2) is 0 Å². The van der Waals surface area contributed by atoms with E-state index in [-0.39, 0.29) is 0 Å². The van der Waals surface area contributed by atoms with Crippen molar-refractivity contribution in [2.24, 2.45) is 0 Å². The van der Waals surface area contributed by atoms with Crippen LogP contribution in [0.15, 0.2) is 18.2 Å². The predicted octanol–water partition coefficient (Wildman–Crippen LogP) is 2.92. The summed E-state index contributed by atoms with van der Waals surface area (Å²) in [5.41, 5.74) is 6.37. The van der Waals surface area contributed by atoms with Gasteiger partial charge in [-0.2, -0.15) is 0 Å². The summed E-state index contributed by atoms with van der Waals surface area (Å²) in [4.78, 5) is 11.9.